The maximum absolute atomic E-state index is 13.7. The molecule has 0 saturated heterocycles. The molecule has 0 spiro atoms. The number of allylic oxidation sites excluding steroid dienone is 1. The third-order valence-electron chi connectivity index (χ3n) is 4.11. The van der Waals surface area contributed by atoms with Crippen LogP contribution in [0.3, 0.4) is 0 Å². The number of aliphatic hydroxyl groups excluding tert-OH is 1. The van der Waals surface area contributed by atoms with Crippen LogP contribution in [0.4, 0.5) is 18.9 Å². The Kier molecular flexibility index (Phi) is 5.70. The number of pyridine rings is 2. The molecule has 0 aliphatic heterocycles. The van der Waals surface area contributed by atoms with Gasteiger partial charge >= 0.3 is 0 Å². The van der Waals surface area contributed by atoms with E-state index in [-0.39, 0.29) is 17.7 Å². The number of halogens is 3. The zero-order valence-electron chi connectivity index (χ0n) is 14.8. The lowest BCUT2D eigenvalue weighted by molar-refractivity contribution is 0.102. The molecule has 0 aliphatic rings. The van der Waals surface area contributed by atoms with E-state index in [1.165, 1.54) is 30.6 Å². The highest BCUT2D eigenvalue weighted by Gasteiger charge is 2.14. The number of hydrogen-bond acceptors (Lipinski definition) is 4. The molecule has 8 heteroatoms. The second kappa shape index (κ2) is 8.18. The van der Waals surface area contributed by atoms with Gasteiger partial charge in [-0.15, -0.1) is 0 Å². The molecule has 0 saturated carbocycles. The molecule has 0 radical (unpaired) electrons. The summed E-state index contributed by atoms with van der Waals surface area (Å²) in [6.07, 6.45) is 2.96. The molecule has 144 valence electrons. The number of aryl methyl sites for hydroxylation is 1. The Hall–Kier alpha value is -3.26. The molecule has 5 nitrogen and oxygen atoms in total. The molecule has 0 unspecified atom stereocenters. The summed E-state index contributed by atoms with van der Waals surface area (Å²) in [5.74, 6) is -3.24. The van der Waals surface area contributed by atoms with E-state index >= 15 is 0 Å². The average Bonchev–Trinajstić information content (AvgIpc) is 2.71. The summed E-state index contributed by atoms with van der Waals surface area (Å²) in [6.45, 7) is -0.116. The summed E-state index contributed by atoms with van der Waals surface area (Å²) >= 11 is 0. The van der Waals surface area contributed by atoms with E-state index < -0.39 is 24.2 Å². The number of nitrogens with zero attached hydrogens (tertiary/aromatic N) is 2. The van der Waals surface area contributed by atoms with Gasteiger partial charge in [-0.25, -0.2) is 13.2 Å². The molecule has 0 aliphatic carbocycles. The Morgan fingerprint density at radius 1 is 1.11 bits per heavy atom. The number of hydrogen-bond donors (Lipinski definition) is 2. The van der Waals surface area contributed by atoms with Gasteiger partial charge in [0.05, 0.1) is 29.5 Å². The number of aromatic nitrogens is 2. The van der Waals surface area contributed by atoms with E-state index in [0.717, 1.165) is 0 Å². The van der Waals surface area contributed by atoms with Gasteiger partial charge in [0.15, 0.2) is 11.7 Å². The lowest BCUT2D eigenvalue weighted by atomic mass is 10.0. The molecule has 2 aromatic heterocycles. The summed E-state index contributed by atoms with van der Waals surface area (Å²) in [5.41, 5.74) is 2.65. The van der Waals surface area contributed by atoms with Crippen LogP contribution in [-0.2, 0) is 6.61 Å². The van der Waals surface area contributed by atoms with Crippen molar-refractivity contribution in [2.24, 2.45) is 0 Å². The van der Waals surface area contributed by atoms with Crippen molar-refractivity contribution in [3.8, 4) is 0 Å². The average molecular weight is 387 g/mol. The largest absolute Gasteiger partial charge is 0.392 e. The van der Waals surface area contributed by atoms with Crippen LogP contribution in [0, 0.1) is 6.92 Å². The van der Waals surface area contributed by atoms with Crippen LogP contribution in [0.2, 0.25) is 0 Å². The molecule has 3 rings (SSSR count). The number of carbonyl (C=O) groups excluding carboxylic acids is 1. The van der Waals surface area contributed by atoms with Crippen LogP contribution in [0.5, 0.6) is 0 Å². The fraction of sp³-hybridized carbons (Fsp3) is 0.150. The van der Waals surface area contributed by atoms with E-state index in [2.05, 4.69) is 15.3 Å². The minimum atomic E-state index is -1.53. The molecular formula is C20H16F3N3O2. The molecule has 1 amide bonds. The standard InChI is InChI=1S/C20H16F3N3O2/c1-11-4-13(19(23)16(22)7-21)2-3-15(11)20(28)26-14-6-18-17(25-9-14)5-12(10-27)8-24-18/h2-6,8-9,27H,7,10H2,1H3,(H,26,28)/b19-16+. The van der Waals surface area contributed by atoms with Crippen molar-refractivity contribution in [2.75, 3.05) is 12.0 Å². The van der Waals surface area contributed by atoms with E-state index in [0.29, 0.717) is 27.8 Å². The van der Waals surface area contributed by atoms with Crippen molar-refractivity contribution in [1.82, 2.24) is 9.97 Å². The second-order valence-electron chi connectivity index (χ2n) is 6.10. The first-order valence-corrected chi connectivity index (χ1v) is 8.31. The van der Waals surface area contributed by atoms with Crippen molar-refractivity contribution in [3.05, 3.63) is 70.8 Å². The third kappa shape index (κ3) is 4.01. The summed E-state index contributed by atoms with van der Waals surface area (Å²) < 4.78 is 39.1. The molecule has 0 fully saturated rings. The van der Waals surface area contributed by atoms with Crippen molar-refractivity contribution in [1.29, 1.82) is 0 Å². The number of nitrogens with one attached hydrogen (secondary N) is 1. The number of fused-ring (bicyclic) bond motifs is 1. The lowest BCUT2D eigenvalue weighted by Crippen LogP contribution is -2.13. The van der Waals surface area contributed by atoms with E-state index in [1.807, 2.05) is 0 Å². The summed E-state index contributed by atoms with van der Waals surface area (Å²) in [4.78, 5) is 20.9. The predicted octanol–water partition coefficient (Wildman–Crippen LogP) is 4.26. The van der Waals surface area contributed by atoms with Crippen LogP contribution in [0.15, 0.2) is 48.6 Å². The second-order valence-corrected chi connectivity index (χ2v) is 6.10. The fourth-order valence-corrected chi connectivity index (χ4v) is 2.67. The minimum Gasteiger partial charge on any atom is -0.392 e. The lowest BCUT2D eigenvalue weighted by Gasteiger charge is -2.10. The first kappa shape index (κ1) is 19.5. The summed E-state index contributed by atoms with van der Waals surface area (Å²) in [7, 11) is 0. The first-order valence-electron chi connectivity index (χ1n) is 8.31. The number of benzene rings is 1. The maximum Gasteiger partial charge on any atom is 0.255 e. The van der Waals surface area contributed by atoms with Crippen molar-refractivity contribution >= 4 is 28.5 Å². The molecule has 2 heterocycles. The number of carbonyl (C=O) groups is 1. The van der Waals surface area contributed by atoms with Crippen LogP contribution in [0.25, 0.3) is 16.9 Å². The van der Waals surface area contributed by atoms with Crippen LogP contribution in [0.1, 0.15) is 27.0 Å². The Balaban J connectivity index is 1.84. The third-order valence-corrected chi connectivity index (χ3v) is 4.11. The highest BCUT2D eigenvalue weighted by Crippen LogP contribution is 2.24. The molecule has 2 N–H and O–H groups in total. The van der Waals surface area contributed by atoms with E-state index in [9.17, 15) is 18.0 Å². The summed E-state index contributed by atoms with van der Waals surface area (Å²) in [6, 6.07) is 7.14. The SMILES string of the molecule is Cc1cc(/C(F)=C(\F)CF)ccc1C(=O)Nc1cnc2cc(CO)cnc2c1. The highest BCUT2D eigenvalue weighted by atomic mass is 19.2. The van der Waals surface area contributed by atoms with Crippen LogP contribution >= 0.6 is 0 Å². The van der Waals surface area contributed by atoms with Crippen molar-refractivity contribution in [2.45, 2.75) is 13.5 Å². The zero-order chi connectivity index (χ0) is 20.3. The van der Waals surface area contributed by atoms with Gasteiger partial charge in [-0.3, -0.25) is 14.8 Å². The minimum absolute atomic E-state index is 0.138. The Morgan fingerprint density at radius 2 is 1.82 bits per heavy atom. The molecule has 1 aromatic carbocycles. The number of aliphatic hydroxyl groups is 1. The monoisotopic (exact) mass is 387 g/mol. The Labute approximate surface area is 158 Å². The molecule has 3 aromatic rings. The van der Waals surface area contributed by atoms with Crippen molar-refractivity contribution < 1.29 is 23.1 Å². The number of alkyl halides is 1. The molecule has 0 bridgehead atoms. The van der Waals surface area contributed by atoms with Gasteiger partial charge in [0.25, 0.3) is 5.91 Å². The fourth-order valence-electron chi connectivity index (χ4n) is 2.67. The Morgan fingerprint density at radius 3 is 2.50 bits per heavy atom. The van der Waals surface area contributed by atoms with Gasteiger partial charge in [0.1, 0.15) is 6.67 Å². The van der Waals surface area contributed by atoms with E-state index in [1.54, 1.807) is 19.1 Å². The molecule has 0 atom stereocenters. The van der Waals surface area contributed by atoms with Gasteiger partial charge in [-0.2, -0.15) is 0 Å². The predicted molar refractivity (Wildman–Crippen MR) is 99.7 cm³/mol. The zero-order valence-corrected chi connectivity index (χ0v) is 14.8. The van der Waals surface area contributed by atoms with Gasteiger partial charge in [-0.1, -0.05) is 6.07 Å². The van der Waals surface area contributed by atoms with E-state index in [4.69, 9.17) is 5.11 Å². The number of rotatable bonds is 5. The van der Waals surface area contributed by atoms with Crippen LogP contribution in [-0.4, -0.2) is 27.7 Å². The van der Waals surface area contributed by atoms with Crippen LogP contribution < -0.4 is 5.32 Å². The quantitative estimate of drug-likeness (QED) is 0.686. The number of amides is 1. The smallest absolute Gasteiger partial charge is 0.255 e. The Bertz CT molecular complexity index is 1080. The van der Waals surface area contributed by atoms with Gasteiger partial charge in [0.2, 0.25) is 0 Å². The normalized spacial score (nSPS) is 12.0. The topological polar surface area (TPSA) is 75.1 Å². The highest BCUT2D eigenvalue weighted by molar-refractivity contribution is 6.05. The first-order chi connectivity index (χ1) is 13.4. The van der Waals surface area contributed by atoms with Crippen molar-refractivity contribution in [3.63, 3.8) is 0 Å². The molecular weight excluding hydrogens is 371 g/mol. The molecule has 28 heavy (non-hydrogen) atoms. The van der Waals surface area contributed by atoms with Gasteiger partial charge in [0, 0.05) is 17.3 Å². The van der Waals surface area contributed by atoms with Gasteiger partial charge in [-0.05, 0) is 42.3 Å². The number of anilines is 1. The van der Waals surface area contributed by atoms with Gasteiger partial charge < -0.3 is 10.4 Å². The summed E-state index contributed by atoms with van der Waals surface area (Å²) in [5, 5.41) is 11.8. The maximum atomic E-state index is 13.7.